The summed E-state index contributed by atoms with van der Waals surface area (Å²) in [5.41, 5.74) is 0. The molecule has 0 aliphatic carbocycles. The molecule has 0 amide bonds. The highest BCUT2D eigenvalue weighted by molar-refractivity contribution is 5.71. The van der Waals surface area contributed by atoms with Crippen LogP contribution in [0.3, 0.4) is 0 Å². The Kier molecular flexibility index (Phi) is 59.3. The lowest BCUT2D eigenvalue weighted by molar-refractivity contribution is -0.167. The van der Waals surface area contributed by atoms with Crippen molar-refractivity contribution in [2.45, 2.75) is 316 Å². The fraction of sp³-hybridized carbons (Fsp3) is 0.750. The van der Waals surface area contributed by atoms with Crippen LogP contribution in [0.4, 0.5) is 0 Å². The van der Waals surface area contributed by atoms with Crippen LogP contribution in [-0.4, -0.2) is 37.2 Å². The third-order valence-corrected chi connectivity index (χ3v) is 13.7. The van der Waals surface area contributed by atoms with Crippen molar-refractivity contribution in [3.63, 3.8) is 0 Å². The first-order valence-electron chi connectivity index (χ1n) is 31.7. The van der Waals surface area contributed by atoms with E-state index in [2.05, 4.69) is 81.5 Å². The fourth-order valence-corrected chi connectivity index (χ4v) is 8.93. The average molecular weight is 1030 g/mol. The van der Waals surface area contributed by atoms with Gasteiger partial charge in [0.15, 0.2) is 6.10 Å². The summed E-state index contributed by atoms with van der Waals surface area (Å²) in [7, 11) is 0. The molecule has 0 aliphatic rings. The van der Waals surface area contributed by atoms with E-state index in [9.17, 15) is 14.4 Å². The summed E-state index contributed by atoms with van der Waals surface area (Å²) in [6, 6.07) is 0. The molecule has 0 aromatic heterocycles. The van der Waals surface area contributed by atoms with Gasteiger partial charge >= 0.3 is 17.9 Å². The van der Waals surface area contributed by atoms with Gasteiger partial charge < -0.3 is 14.2 Å². The molecule has 0 spiro atoms. The Balaban J connectivity index is 4.44. The molecule has 0 rings (SSSR count). The van der Waals surface area contributed by atoms with Gasteiger partial charge in [0.1, 0.15) is 13.2 Å². The van der Waals surface area contributed by atoms with Crippen molar-refractivity contribution in [1.82, 2.24) is 0 Å². The molecule has 0 heterocycles. The molecule has 6 heteroatoms. The third-order valence-electron chi connectivity index (χ3n) is 13.7. The first-order valence-corrected chi connectivity index (χ1v) is 31.7. The van der Waals surface area contributed by atoms with E-state index in [4.69, 9.17) is 14.2 Å². The van der Waals surface area contributed by atoms with Gasteiger partial charge in [0.25, 0.3) is 0 Å². The lowest BCUT2D eigenvalue weighted by Gasteiger charge is -2.18. The maximum Gasteiger partial charge on any atom is 0.306 e. The number of carbonyl (C=O) groups excluding carboxylic acids is 3. The number of hydrogen-bond acceptors (Lipinski definition) is 6. The van der Waals surface area contributed by atoms with Crippen molar-refractivity contribution in [3.8, 4) is 0 Å². The van der Waals surface area contributed by atoms with Gasteiger partial charge in [-0.3, -0.25) is 14.4 Å². The average Bonchev–Trinajstić information content (AvgIpc) is 3.40. The molecular weight excluding hydrogens is 913 g/mol. The van der Waals surface area contributed by atoms with Gasteiger partial charge in [-0.15, -0.1) is 0 Å². The summed E-state index contributed by atoms with van der Waals surface area (Å²) >= 11 is 0. The van der Waals surface area contributed by atoms with Crippen LogP contribution in [0.2, 0.25) is 0 Å². The smallest absolute Gasteiger partial charge is 0.306 e. The van der Waals surface area contributed by atoms with E-state index < -0.39 is 6.10 Å². The van der Waals surface area contributed by atoms with E-state index in [0.29, 0.717) is 19.3 Å². The minimum atomic E-state index is -0.793. The summed E-state index contributed by atoms with van der Waals surface area (Å²) in [4.78, 5) is 38.3. The molecule has 0 aliphatic heterocycles. The van der Waals surface area contributed by atoms with Gasteiger partial charge in [-0.25, -0.2) is 0 Å². The van der Waals surface area contributed by atoms with Crippen LogP contribution in [0.25, 0.3) is 0 Å². The number of unbranched alkanes of at least 4 members (excludes halogenated alkanes) is 36. The molecule has 426 valence electrons. The minimum absolute atomic E-state index is 0.0882. The van der Waals surface area contributed by atoms with Crippen molar-refractivity contribution in [3.05, 3.63) is 85.1 Å². The van der Waals surface area contributed by atoms with Crippen LogP contribution >= 0.6 is 0 Å². The summed E-state index contributed by atoms with van der Waals surface area (Å²) in [5, 5.41) is 0. The second-order valence-corrected chi connectivity index (χ2v) is 21.1. The fourth-order valence-electron chi connectivity index (χ4n) is 8.93. The third kappa shape index (κ3) is 59.5. The van der Waals surface area contributed by atoms with E-state index in [1.807, 2.05) is 24.3 Å². The van der Waals surface area contributed by atoms with Crippen molar-refractivity contribution >= 4 is 17.9 Å². The van der Waals surface area contributed by atoms with E-state index in [1.54, 1.807) is 0 Å². The Labute approximate surface area is 458 Å². The molecule has 1 unspecified atom stereocenters. The maximum absolute atomic E-state index is 12.9. The summed E-state index contributed by atoms with van der Waals surface area (Å²) in [6.45, 7) is 6.56. The van der Waals surface area contributed by atoms with Gasteiger partial charge in [0.2, 0.25) is 0 Å². The van der Waals surface area contributed by atoms with Crippen molar-refractivity contribution in [1.29, 1.82) is 0 Å². The highest BCUT2D eigenvalue weighted by atomic mass is 16.6. The Morgan fingerprint density at radius 2 is 0.527 bits per heavy atom. The summed E-state index contributed by atoms with van der Waals surface area (Å²) < 4.78 is 16.9. The molecule has 1 atom stereocenters. The molecule has 0 aromatic rings. The lowest BCUT2D eigenvalue weighted by Crippen LogP contribution is -2.30. The predicted octanol–water partition coefficient (Wildman–Crippen LogP) is 21.5. The zero-order chi connectivity index (χ0) is 53.6. The molecule has 0 saturated carbocycles. The monoisotopic (exact) mass is 1030 g/mol. The van der Waals surface area contributed by atoms with Crippen molar-refractivity contribution < 1.29 is 28.6 Å². The minimum Gasteiger partial charge on any atom is -0.462 e. The second-order valence-electron chi connectivity index (χ2n) is 21.1. The molecule has 74 heavy (non-hydrogen) atoms. The number of allylic oxidation sites excluding steroid dienone is 14. The van der Waals surface area contributed by atoms with Gasteiger partial charge in [0, 0.05) is 19.3 Å². The molecule has 0 radical (unpaired) electrons. The van der Waals surface area contributed by atoms with Gasteiger partial charge in [-0.1, -0.05) is 286 Å². The number of rotatable bonds is 57. The van der Waals surface area contributed by atoms with Crippen LogP contribution < -0.4 is 0 Å². The Hall–Kier alpha value is -3.41. The molecular formula is C68H118O6. The summed E-state index contributed by atoms with van der Waals surface area (Å²) in [5.74, 6) is -0.910. The molecule has 6 nitrogen and oxygen atoms in total. The molecule has 0 saturated heterocycles. The molecule has 0 aromatic carbocycles. The number of ether oxygens (including phenoxy) is 3. The largest absolute Gasteiger partial charge is 0.462 e. The zero-order valence-corrected chi connectivity index (χ0v) is 48.8. The predicted molar refractivity (Wildman–Crippen MR) is 321 cm³/mol. The zero-order valence-electron chi connectivity index (χ0n) is 48.8. The molecule has 0 N–H and O–H groups in total. The Morgan fingerprint density at radius 1 is 0.270 bits per heavy atom. The van der Waals surface area contributed by atoms with Gasteiger partial charge in [-0.2, -0.15) is 0 Å². The van der Waals surface area contributed by atoms with Crippen LogP contribution in [0, 0.1) is 0 Å². The lowest BCUT2D eigenvalue weighted by atomic mass is 10.1. The van der Waals surface area contributed by atoms with Crippen LogP contribution in [0.5, 0.6) is 0 Å². The molecule has 0 bridgehead atoms. The highest BCUT2D eigenvalue weighted by Crippen LogP contribution is 2.16. The number of carbonyl (C=O) groups is 3. The van der Waals surface area contributed by atoms with E-state index >= 15 is 0 Å². The first-order chi connectivity index (χ1) is 36.5. The van der Waals surface area contributed by atoms with Gasteiger partial charge in [0.05, 0.1) is 0 Å². The standard InChI is InChI=1S/C68H118O6/c1-4-7-10-13-16-19-22-25-28-31-34-37-40-43-46-49-52-55-58-61-67(70)73-64-65(63-72-66(69)60-57-54-51-48-45-42-39-36-33-30-27-24-21-18-15-12-9-6-3)74-68(71)62-59-56-53-50-47-44-41-38-35-32-29-26-23-20-17-14-11-8-5-2/h12,15,18,21,24,27,30-36,39,65H,4-11,13-14,16-17,19-20,22-23,25-26,28-29,37-38,40-64H2,1-3H3/b15-12-,21-18-,27-24-,33-30-,34-31-,35-32-,39-36-. The van der Waals surface area contributed by atoms with Crippen LogP contribution in [0.15, 0.2) is 85.1 Å². The van der Waals surface area contributed by atoms with E-state index in [1.165, 1.54) is 186 Å². The molecule has 0 fully saturated rings. The topological polar surface area (TPSA) is 78.9 Å². The number of hydrogen-bond donors (Lipinski definition) is 0. The highest BCUT2D eigenvalue weighted by Gasteiger charge is 2.19. The second kappa shape index (κ2) is 62.1. The van der Waals surface area contributed by atoms with E-state index in [0.717, 1.165) is 83.5 Å². The normalized spacial score (nSPS) is 12.6. The number of esters is 3. The van der Waals surface area contributed by atoms with Gasteiger partial charge in [-0.05, 0) is 89.9 Å². The van der Waals surface area contributed by atoms with Crippen molar-refractivity contribution in [2.75, 3.05) is 13.2 Å². The van der Waals surface area contributed by atoms with E-state index in [-0.39, 0.29) is 31.1 Å². The van der Waals surface area contributed by atoms with Crippen LogP contribution in [-0.2, 0) is 28.6 Å². The Morgan fingerprint density at radius 3 is 0.851 bits per heavy atom. The quantitative estimate of drug-likeness (QED) is 0.0199. The summed E-state index contributed by atoms with van der Waals surface area (Å²) in [6.07, 6.45) is 81.5. The SMILES string of the molecule is CCC\C=C/C=C\C=C/C=C\C=C/CCCCCCCC(=O)OCC(COC(=O)CCCCCCCCC/C=C\CCCCCCCCCC)OC(=O)CCCCCCCCC/C=C\CCCCCCCCCC. The van der Waals surface area contributed by atoms with Crippen molar-refractivity contribution in [2.24, 2.45) is 0 Å². The van der Waals surface area contributed by atoms with Crippen LogP contribution in [0.1, 0.15) is 310 Å². The Bertz CT molecular complexity index is 1420. The first kappa shape index (κ1) is 70.6. The maximum atomic E-state index is 12.9.